The molecule has 0 spiro atoms. The molecule has 128 valence electrons. The van der Waals surface area contributed by atoms with Gasteiger partial charge in [-0.2, -0.15) is 5.10 Å². The summed E-state index contributed by atoms with van der Waals surface area (Å²) in [7, 11) is 3.15. The number of hydrogen-bond acceptors (Lipinski definition) is 6. The molecule has 0 unspecified atom stereocenters. The number of aromatic nitrogens is 3. The van der Waals surface area contributed by atoms with Gasteiger partial charge in [-0.1, -0.05) is 0 Å². The van der Waals surface area contributed by atoms with Crippen LogP contribution in [-0.2, 0) is 6.54 Å². The van der Waals surface area contributed by atoms with Crippen molar-refractivity contribution in [2.75, 3.05) is 20.0 Å². The summed E-state index contributed by atoms with van der Waals surface area (Å²) in [6.45, 7) is 0.297. The highest BCUT2D eigenvalue weighted by Crippen LogP contribution is 2.32. The van der Waals surface area contributed by atoms with Crippen molar-refractivity contribution in [1.29, 1.82) is 0 Å². The number of pyridine rings is 1. The van der Waals surface area contributed by atoms with Crippen LogP contribution in [0.4, 0.5) is 5.69 Å². The average molecular weight is 338 g/mol. The molecule has 1 aromatic carbocycles. The van der Waals surface area contributed by atoms with Crippen LogP contribution in [0.3, 0.4) is 0 Å². The van der Waals surface area contributed by atoms with Crippen molar-refractivity contribution in [3.63, 3.8) is 0 Å². The van der Waals surface area contributed by atoms with E-state index in [9.17, 15) is 4.79 Å². The molecular weight excluding hydrogens is 320 g/mol. The second kappa shape index (κ2) is 7.04. The van der Waals surface area contributed by atoms with Crippen molar-refractivity contribution < 1.29 is 9.47 Å². The van der Waals surface area contributed by atoms with E-state index in [4.69, 9.17) is 15.2 Å². The summed E-state index contributed by atoms with van der Waals surface area (Å²) in [6.07, 6.45) is 3.33. The Bertz CT molecular complexity index is 939. The topological polar surface area (TPSA) is 92.3 Å². The third-order valence-corrected chi connectivity index (χ3v) is 3.77. The Morgan fingerprint density at radius 1 is 1.08 bits per heavy atom. The quantitative estimate of drug-likeness (QED) is 0.764. The number of rotatable bonds is 5. The van der Waals surface area contributed by atoms with Crippen molar-refractivity contribution in [2.24, 2.45) is 0 Å². The maximum atomic E-state index is 12.3. The van der Waals surface area contributed by atoms with Crippen molar-refractivity contribution >= 4 is 5.69 Å². The summed E-state index contributed by atoms with van der Waals surface area (Å²) in [4.78, 5) is 16.3. The van der Waals surface area contributed by atoms with Crippen molar-refractivity contribution in [2.45, 2.75) is 6.54 Å². The van der Waals surface area contributed by atoms with Crippen LogP contribution in [-0.4, -0.2) is 29.0 Å². The lowest BCUT2D eigenvalue weighted by Gasteiger charge is -2.13. The Morgan fingerprint density at radius 2 is 1.84 bits per heavy atom. The summed E-state index contributed by atoms with van der Waals surface area (Å²) < 4.78 is 12.0. The molecule has 0 aliphatic carbocycles. The molecule has 0 aliphatic rings. The minimum Gasteiger partial charge on any atom is -0.497 e. The Kier molecular flexibility index (Phi) is 4.65. The van der Waals surface area contributed by atoms with E-state index in [1.54, 1.807) is 50.9 Å². The molecule has 0 bridgehead atoms. The Labute approximate surface area is 144 Å². The maximum absolute atomic E-state index is 12.3. The van der Waals surface area contributed by atoms with Gasteiger partial charge in [0, 0.05) is 18.0 Å². The second-order valence-electron chi connectivity index (χ2n) is 5.37. The van der Waals surface area contributed by atoms with Crippen molar-refractivity contribution in [3.8, 4) is 22.8 Å². The second-order valence-corrected chi connectivity index (χ2v) is 5.37. The van der Waals surface area contributed by atoms with Crippen LogP contribution in [0, 0.1) is 0 Å². The van der Waals surface area contributed by atoms with Crippen LogP contribution < -0.4 is 20.8 Å². The zero-order chi connectivity index (χ0) is 17.8. The molecule has 3 rings (SSSR count). The molecule has 7 nitrogen and oxygen atoms in total. The van der Waals surface area contributed by atoms with E-state index in [2.05, 4.69) is 10.1 Å². The summed E-state index contributed by atoms with van der Waals surface area (Å²) in [5, 5.41) is 4.45. The fourth-order valence-corrected chi connectivity index (χ4v) is 2.48. The third-order valence-electron chi connectivity index (χ3n) is 3.77. The van der Waals surface area contributed by atoms with Gasteiger partial charge in [0.1, 0.15) is 17.2 Å². The minimum absolute atomic E-state index is 0.115. The number of anilines is 1. The Hall–Kier alpha value is -3.35. The third kappa shape index (κ3) is 3.45. The molecule has 7 heteroatoms. The van der Waals surface area contributed by atoms with Crippen molar-refractivity contribution in [1.82, 2.24) is 14.8 Å². The van der Waals surface area contributed by atoms with E-state index in [-0.39, 0.29) is 11.2 Å². The molecule has 0 saturated heterocycles. The van der Waals surface area contributed by atoms with E-state index >= 15 is 0 Å². The van der Waals surface area contributed by atoms with Gasteiger partial charge in [0.2, 0.25) is 0 Å². The zero-order valence-electron chi connectivity index (χ0n) is 14.0. The Morgan fingerprint density at radius 3 is 2.52 bits per heavy atom. The number of benzene rings is 1. The highest BCUT2D eigenvalue weighted by molar-refractivity contribution is 5.70. The van der Waals surface area contributed by atoms with Gasteiger partial charge in [-0.3, -0.25) is 9.78 Å². The van der Waals surface area contributed by atoms with Crippen LogP contribution in [0.2, 0.25) is 0 Å². The molecule has 25 heavy (non-hydrogen) atoms. The lowest BCUT2D eigenvalue weighted by Crippen LogP contribution is -2.26. The number of hydrogen-bond donors (Lipinski definition) is 1. The normalized spacial score (nSPS) is 10.5. The molecular formula is C18H18N4O3. The number of ether oxygens (including phenoxy) is 2. The van der Waals surface area contributed by atoms with Crippen molar-refractivity contribution in [3.05, 3.63) is 64.7 Å². The number of nitrogens with zero attached hydrogens (tertiary/aromatic N) is 3. The fraction of sp³-hybridized carbons (Fsp3) is 0.167. The molecule has 2 heterocycles. The maximum Gasteiger partial charge on any atom is 0.290 e. The fourth-order valence-electron chi connectivity index (χ4n) is 2.48. The monoisotopic (exact) mass is 338 g/mol. The molecule has 2 aromatic heterocycles. The molecule has 3 aromatic rings. The van der Waals surface area contributed by atoms with Gasteiger partial charge in [0.15, 0.2) is 0 Å². The molecule has 0 radical (unpaired) electrons. The number of nitrogen functional groups attached to an aromatic ring is 1. The van der Waals surface area contributed by atoms with E-state index in [0.717, 1.165) is 5.56 Å². The Balaban J connectivity index is 2.11. The van der Waals surface area contributed by atoms with Gasteiger partial charge in [0.05, 0.1) is 26.5 Å². The van der Waals surface area contributed by atoms with Gasteiger partial charge >= 0.3 is 0 Å². The minimum atomic E-state index is -0.345. The smallest absolute Gasteiger partial charge is 0.290 e. The predicted octanol–water partition coefficient (Wildman–Crippen LogP) is 1.95. The summed E-state index contributed by atoms with van der Waals surface area (Å²) in [5.41, 5.74) is 7.81. The summed E-state index contributed by atoms with van der Waals surface area (Å²) in [6, 6.07) is 10.6. The van der Waals surface area contributed by atoms with Crippen LogP contribution in [0.1, 0.15) is 5.56 Å². The van der Waals surface area contributed by atoms with Crippen LogP contribution in [0.5, 0.6) is 11.5 Å². The standard InChI is InChI=1S/C18H18N4O3/c1-24-13-3-4-17(25-2)14(9-13)16-10-15(19)18(23)22(21-16)11-12-5-7-20-8-6-12/h3-10H,11,19H2,1-2H3. The molecule has 2 N–H and O–H groups in total. The average Bonchev–Trinajstić information content (AvgIpc) is 2.65. The highest BCUT2D eigenvalue weighted by atomic mass is 16.5. The first kappa shape index (κ1) is 16.5. The van der Waals surface area contributed by atoms with Crippen LogP contribution >= 0.6 is 0 Å². The number of methoxy groups -OCH3 is 2. The SMILES string of the molecule is COc1ccc(OC)c(-c2cc(N)c(=O)n(Cc3ccncc3)n2)c1. The van der Waals surface area contributed by atoms with E-state index < -0.39 is 0 Å². The predicted molar refractivity (Wildman–Crippen MR) is 94.8 cm³/mol. The summed E-state index contributed by atoms with van der Waals surface area (Å²) in [5.74, 6) is 1.27. The van der Waals surface area contributed by atoms with Crippen LogP contribution in [0.15, 0.2) is 53.6 Å². The molecule has 0 aliphatic heterocycles. The van der Waals surface area contributed by atoms with E-state index in [1.807, 2.05) is 12.1 Å². The van der Waals surface area contributed by atoms with Gasteiger partial charge < -0.3 is 15.2 Å². The van der Waals surface area contributed by atoms with Gasteiger partial charge in [0.25, 0.3) is 5.56 Å². The first-order valence-electron chi connectivity index (χ1n) is 7.61. The van der Waals surface area contributed by atoms with Gasteiger partial charge in [-0.25, -0.2) is 4.68 Å². The lowest BCUT2D eigenvalue weighted by molar-refractivity contribution is 0.404. The largest absolute Gasteiger partial charge is 0.497 e. The first-order valence-corrected chi connectivity index (χ1v) is 7.61. The highest BCUT2D eigenvalue weighted by Gasteiger charge is 2.13. The van der Waals surface area contributed by atoms with Gasteiger partial charge in [-0.05, 0) is 42.0 Å². The van der Waals surface area contributed by atoms with E-state index in [0.29, 0.717) is 29.3 Å². The summed E-state index contributed by atoms with van der Waals surface area (Å²) >= 11 is 0. The molecule has 0 atom stereocenters. The molecule has 0 fully saturated rings. The zero-order valence-corrected chi connectivity index (χ0v) is 14.0. The first-order chi connectivity index (χ1) is 12.1. The van der Waals surface area contributed by atoms with E-state index in [1.165, 1.54) is 4.68 Å². The lowest BCUT2D eigenvalue weighted by atomic mass is 10.1. The van der Waals surface area contributed by atoms with Crippen LogP contribution in [0.25, 0.3) is 11.3 Å². The molecule has 0 amide bonds. The number of nitrogens with two attached hydrogens (primary N) is 1. The molecule has 0 saturated carbocycles. The van der Waals surface area contributed by atoms with Gasteiger partial charge in [-0.15, -0.1) is 0 Å².